The quantitative estimate of drug-likeness (QED) is 0.737. The normalized spacial score (nSPS) is 12.9. The van der Waals surface area contributed by atoms with Gasteiger partial charge in [-0.1, -0.05) is 37.3 Å². The molecule has 6 heteroatoms. The summed E-state index contributed by atoms with van der Waals surface area (Å²) in [7, 11) is 0. The number of nitrogens with one attached hydrogen (secondary N) is 2. The molecule has 140 valence electrons. The molecule has 2 unspecified atom stereocenters. The van der Waals surface area contributed by atoms with Crippen LogP contribution in [0.1, 0.15) is 43.8 Å². The van der Waals surface area contributed by atoms with E-state index in [1.54, 1.807) is 6.92 Å². The summed E-state index contributed by atoms with van der Waals surface area (Å²) in [4.78, 5) is 26.3. The fourth-order valence-corrected chi connectivity index (χ4v) is 3.35. The van der Waals surface area contributed by atoms with Crippen LogP contribution in [0.5, 0.6) is 5.75 Å². The number of thiophene rings is 1. The van der Waals surface area contributed by atoms with Gasteiger partial charge in [-0.25, -0.2) is 0 Å². The Kier molecular flexibility index (Phi) is 7.21. The van der Waals surface area contributed by atoms with Crippen molar-refractivity contribution in [3.8, 4) is 16.2 Å². The zero-order chi connectivity index (χ0) is 19.1. The van der Waals surface area contributed by atoms with E-state index >= 15 is 0 Å². The Labute approximate surface area is 158 Å². The summed E-state index contributed by atoms with van der Waals surface area (Å²) in [6.07, 6.45) is 0.840. The van der Waals surface area contributed by atoms with Crippen LogP contribution in [0.2, 0.25) is 0 Å². The first kappa shape index (κ1) is 20.0. The van der Waals surface area contributed by atoms with Crippen LogP contribution in [0.3, 0.4) is 0 Å². The lowest BCUT2D eigenvalue weighted by atomic mass is 10.2. The summed E-state index contributed by atoms with van der Waals surface area (Å²) in [5, 5.41) is 5.64. The average Bonchev–Trinajstić information content (AvgIpc) is 3.06. The van der Waals surface area contributed by atoms with E-state index in [9.17, 15) is 9.59 Å². The number of benzene rings is 1. The minimum Gasteiger partial charge on any atom is -0.492 e. The van der Waals surface area contributed by atoms with Crippen LogP contribution in [0.4, 0.5) is 0 Å². The molecule has 1 aromatic heterocycles. The minimum atomic E-state index is -0.617. The maximum Gasteiger partial charge on any atom is 0.265 e. The summed E-state index contributed by atoms with van der Waals surface area (Å²) in [5.41, 5.74) is 1.03. The van der Waals surface area contributed by atoms with E-state index in [-0.39, 0.29) is 17.9 Å². The van der Waals surface area contributed by atoms with Gasteiger partial charge in [0.05, 0.1) is 6.61 Å². The predicted octanol–water partition coefficient (Wildman–Crippen LogP) is 3.85. The van der Waals surface area contributed by atoms with Crippen LogP contribution in [-0.4, -0.2) is 30.5 Å². The first-order valence-electron chi connectivity index (χ1n) is 8.89. The van der Waals surface area contributed by atoms with Gasteiger partial charge in [0.25, 0.3) is 5.91 Å². The van der Waals surface area contributed by atoms with Gasteiger partial charge in [0, 0.05) is 10.9 Å². The molecular formula is C20H26N2O3S. The first-order chi connectivity index (χ1) is 12.5. The van der Waals surface area contributed by atoms with Crippen LogP contribution in [-0.2, 0) is 4.79 Å². The van der Waals surface area contributed by atoms with Crippen molar-refractivity contribution >= 4 is 23.2 Å². The number of hydrogen-bond acceptors (Lipinski definition) is 4. The molecule has 0 radical (unpaired) electrons. The maximum absolute atomic E-state index is 12.7. The molecule has 1 aromatic carbocycles. The molecule has 0 spiro atoms. The van der Waals surface area contributed by atoms with Crippen LogP contribution >= 0.6 is 11.3 Å². The van der Waals surface area contributed by atoms with Gasteiger partial charge >= 0.3 is 0 Å². The third kappa shape index (κ3) is 5.08. The molecule has 0 aliphatic heterocycles. The van der Waals surface area contributed by atoms with Crippen molar-refractivity contribution in [2.24, 2.45) is 0 Å². The van der Waals surface area contributed by atoms with E-state index in [2.05, 4.69) is 10.6 Å². The van der Waals surface area contributed by atoms with E-state index in [0.29, 0.717) is 17.2 Å². The summed E-state index contributed by atoms with van der Waals surface area (Å²) in [6.45, 7) is 7.96. The lowest BCUT2D eigenvalue weighted by Gasteiger charge is -2.17. The Bertz CT molecular complexity index is 743. The summed E-state index contributed by atoms with van der Waals surface area (Å²) in [6, 6.07) is 11.2. The molecule has 2 amide bonds. The highest BCUT2D eigenvalue weighted by Crippen LogP contribution is 2.36. The molecule has 2 rings (SSSR count). The second-order valence-electron chi connectivity index (χ2n) is 6.12. The maximum atomic E-state index is 12.7. The number of ether oxygens (including phenoxy) is 1. The molecule has 0 fully saturated rings. The van der Waals surface area contributed by atoms with Gasteiger partial charge < -0.3 is 15.4 Å². The van der Waals surface area contributed by atoms with E-state index in [1.807, 2.05) is 57.2 Å². The van der Waals surface area contributed by atoms with E-state index in [0.717, 1.165) is 16.9 Å². The van der Waals surface area contributed by atoms with Crippen LogP contribution < -0.4 is 15.4 Å². The standard InChI is InChI=1S/C20H26N2O3S/c1-5-13(3)21-19(23)14(4)22-20(24)18-16(25-6-2)12-17(26-18)15-10-8-7-9-11-15/h7-14H,5-6H2,1-4H3,(H,21,23)(H,22,24). The Balaban J connectivity index is 2.17. The highest BCUT2D eigenvalue weighted by Gasteiger charge is 2.22. The average molecular weight is 375 g/mol. The molecule has 0 aliphatic rings. The number of carbonyl (C=O) groups excluding carboxylic acids is 2. The van der Waals surface area contributed by atoms with Crippen molar-refractivity contribution in [3.05, 3.63) is 41.3 Å². The summed E-state index contributed by atoms with van der Waals surface area (Å²) < 4.78 is 5.63. The monoisotopic (exact) mass is 374 g/mol. The molecule has 0 saturated carbocycles. The van der Waals surface area contributed by atoms with Crippen molar-refractivity contribution < 1.29 is 14.3 Å². The van der Waals surface area contributed by atoms with Crippen molar-refractivity contribution in [2.75, 3.05) is 6.61 Å². The Morgan fingerprint density at radius 3 is 2.42 bits per heavy atom. The predicted molar refractivity (Wildman–Crippen MR) is 106 cm³/mol. The fraction of sp³-hybridized carbons (Fsp3) is 0.400. The molecule has 0 saturated heterocycles. The second kappa shape index (κ2) is 9.38. The Morgan fingerprint density at radius 1 is 1.12 bits per heavy atom. The SMILES string of the molecule is CCOc1cc(-c2ccccc2)sc1C(=O)NC(C)C(=O)NC(C)CC. The van der Waals surface area contributed by atoms with Gasteiger partial charge in [-0.15, -0.1) is 11.3 Å². The van der Waals surface area contributed by atoms with E-state index in [1.165, 1.54) is 11.3 Å². The summed E-state index contributed by atoms with van der Waals surface area (Å²) >= 11 is 1.36. The first-order valence-corrected chi connectivity index (χ1v) is 9.71. The van der Waals surface area contributed by atoms with Gasteiger partial charge in [0.2, 0.25) is 5.91 Å². The molecule has 1 heterocycles. The van der Waals surface area contributed by atoms with Gasteiger partial charge in [0.15, 0.2) is 0 Å². The highest BCUT2D eigenvalue weighted by molar-refractivity contribution is 7.17. The number of hydrogen-bond donors (Lipinski definition) is 2. The molecule has 2 atom stereocenters. The van der Waals surface area contributed by atoms with Gasteiger partial charge in [-0.2, -0.15) is 0 Å². The molecular weight excluding hydrogens is 348 g/mol. The number of carbonyl (C=O) groups is 2. The van der Waals surface area contributed by atoms with Gasteiger partial charge in [0.1, 0.15) is 16.7 Å². The fourth-order valence-electron chi connectivity index (χ4n) is 2.34. The molecule has 0 aliphatic carbocycles. The Hall–Kier alpha value is -2.34. The van der Waals surface area contributed by atoms with E-state index in [4.69, 9.17) is 4.74 Å². The third-order valence-electron chi connectivity index (χ3n) is 4.00. The van der Waals surface area contributed by atoms with Crippen molar-refractivity contribution in [1.82, 2.24) is 10.6 Å². The van der Waals surface area contributed by atoms with Crippen LogP contribution in [0.15, 0.2) is 36.4 Å². The van der Waals surface area contributed by atoms with Crippen LogP contribution in [0.25, 0.3) is 10.4 Å². The third-order valence-corrected chi connectivity index (χ3v) is 5.17. The van der Waals surface area contributed by atoms with Gasteiger partial charge in [-0.3, -0.25) is 9.59 Å². The zero-order valence-electron chi connectivity index (χ0n) is 15.7. The smallest absolute Gasteiger partial charge is 0.265 e. The topological polar surface area (TPSA) is 67.4 Å². The zero-order valence-corrected chi connectivity index (χ0v) is 16.5. The second-order valence-corrected chi connectivity index (χ2v) is 7.17. The summed E-state index contributed by atoms with van der Waals surface area (Å²) in [5.74, 6) is 0.0568. The van der Waals surface area contributed by atoms with Crippen molar-refractivity contribution in [1.29, 1.82) is 0 Å². The van der Waals surface area contributed by atoms with Crippen molar-refractivity contribution in [2.45, 2.75) is 46.2 Å². The molecule has 2 N–H and O–H groups in total. The molecule has 5 nitrogen and oxygen atoms in total. The largest absolute Gasteiger partial charge is 0.492 e. The molecule has 2 aromatic rings. The molecule has 26 heavy (non-hydrogen) atoms. The van der Waals surface area contributed by atoms with Gasteiger partial charge in [-0.05, 0) is 38.8 Å². The van der Waals surface area contributed by atoms with E-state index < -0.39 is 6.04 Å². The van der Waals surface area contributed by atoms with Crippen LogP contribution in [0, 0.1) is 0 Å². The lowest BCUT2D eigenvalue weighted by molar-refractivity contribution is -0.123. The Morgan fingerprint density at radius 2 is 1.81 bits per heavy atom. The van der Waals surface area contributed by atoms with Crippen molar-refractivity contribution in [3.63, 3.8) is 0 Å². The lowest BCUT2D eigenvalue weighted by Crippen LogP contribution is -2.47. The number of amides is 2. The molecule has 0 bridgehead atoms. The minimum absolute atomic E-state index is 0.0762. The number of rotatable bonds is 8. The highest BCUT2D eigenvalue weighted by atomic mass is 32.1.